The van der Waals surface area contributed by atoms with Gasteiger partial charge in [0, 0.05) is 10.9 Å². The summed E-state index contributed by atoms with van der Waals surface area (Å²) < 4.78 is 7.74. The maximum absolute atomic E-state index is 13.7. The molecule has 0 aliphatic rings. The van der Waals surface area contributed by atoms with Crippen LogP contribution in [0, 0.1) is 0 Å². The molecule has 5 nitrogen and oxygen atoms in total. The molecule has 3 aromatic carbocycles. The summed E-state index contributed by atoms with van der Waals surface area (Å²) in [6.45, 7) is 0.394. The van der Waals surface area contributed by atoms with Gasteiger partial charge in [-0.15, -0.1) is 11.3 Å². The molecule has 0 radical (unpaired) electrons. The number of nitrogens with zero attached hydrogens (tertiary/aromatic N) is 2. The molecule has 148 valence electrons. The summed E-state index contributed by atoms with van der Waals surface area (Å²) in [5, 5.41) is 11.5. The van der Waals surface area contributed by atoms with Crippen molar-refractivity contribution in [1.29, 1.82) is 0 Å². The number of methoxy groups -OCH3 is 1. The normalized spacial score (nSPS) is 11.2. The van der Waals surface area contributed by atoms with Crippen molar-refractivity contribution in [3.8, 4) is 22.9 Å². The minimum absolute atomic E-state index is 0.126. The van der Waals surface area contributed by atoms with Crippen molar-refractivity contribution in [2.45, 2.75) is 6.54 Å². The van der Waals surface area contributed by atoms with Crippen molar-refractivity contribution < 1.29 is 9.84 Å². The lowest BCUT2D eigenvalue weighted by molar-refractivity contribution is 0.415. The van der Waals surface area contributed by atoms with Gasteiger partial charge in [0.2, 0.25) is 0 Å². The molecule has 0 unspecified atom stereocenters. The molecular formula is C24H18N2O3S. The lowest BCUT2D eigenvalue weighted by Gasteiger charge is -2.13. The molecule has 0 amide bonds. The highest BCUT2D eigenvalue weighted by Gasteiger charge is 2.19. The number of aromatic hydroxyl groups is 1. The van der Waals surface area contributed by atoms with Crippen molar-refractivity contribution in [2.24, 2.45) is 0 Å². The van der Waals surface area contributed by atoms with Crippen LogP contribution < -0.4 is 10.3 Å². The van der Waals surface area contributed by atoms with Gasteiger partial charge >= 0.3 is 0 Å². The summed E-state index contributed by atoms with van der Waals surface area (Å²) >= 11 is 1.33. The summed E-state index contributed by atoms with van der Waals surface area (Å²) in [6.07, 6.45) is 0. The van der Waals surface area contributed by atoms with Crippen LogP contribution in [0.3, 0.4) is 0 Å². The van der Waals surface area contributed by atoms with Gasteiger partial charge in [0.05, 0.1) is 23.7 Å². The van der Waals surface area contributed by atoms with E-state index in [4.69, 9.17) is 9.72 Å². The zero-order valence-corrected chi connectivity index (χ0v) is 17.0. The standard InChI is InChI=1S/C24H18N2O3S/c1-29-17-10-5-9-16(13-17)22-25-23-20(18-11-6-12-19(27)21(18)30-23)24(28)26(22)14-15-7-3-2-4-8-15/h2-13,27H,14H2,1H3. The van der Waals surface area contributed by atoms with Gasteiger partial charge in [-0.1, -0.05) is 54.6 Å². The van der Waals surface area contributed by atoms with E-state index in [9.17, 15) is 9.90 Å². The molecule has 0 spiro atoms. The highest BCUT2D eigenvalue weighted by atomic mass is 32.1. The van der Waals surface area contributed by atoms with Gasteiger partial charge < -0.3 is 9.84 Å². The third kappa shape index (κ3) is 3.02. The molecule has 0 aliphatic carbocycles. The topological polar surface area (TPSA) is 64.3 Å². The molecular weight excluding hydrogens is 396 g/mol. The summed E-state index contributed by atoms with van der Waals surface area (Å²) in [5.41, 5.74) is 1.68. The van der Waals surface area contributed by atoms with Crippen molar-refractivity contribution in [2.75, 3.05) is 7.11 Å². The van der Waals surface area contributed by atoms with Crippen molar-refractivity contribution in [1.82, 2.24) is 9.55 Å². The average molecular weight is 414 g/mol. The molecule has 5 rings (SSSR count). The highest BCUT2D eigenvalue weighted by Crippen LogP contribution is 2.37. The molecule has 0 fully saturated rings. The van der Waals surface area contributed by atoms with Gasteiger partial charge in [0.15, 0.2) is 0 Å². The summed E-state index contributed by atoms with van der Waals surface area (Å²) in [5.74, 6) is 1.43. The fraction of sp³-hybridized carbons (Fsp3) is 0.0833. The lowest BCUT2D eigenvalue weighted by Crippen LogP contribution is -2.23. The Morgan fingerprint density at radius 3 is 2.63 bits per heavy atom. The molecule has 1 N–H and O–H groups in total. The largest absolute Gasteiger partial charge is 0.506 e. The van der Waals surface area contributed by atoms with E-state index < -0.39 is 0 Å². The molecule has 30 heavy (non-hydrogen) atoms. The van der Waals surface area contributed by atoms with Crippen molar-refractivity contribution in [3.05, 3.63) is 88.7 Å². The maximum atomic E-state index is 13.7. The van der Waals surface area contributed by atoms with Crippen LogP contribution in [-0.2, 0) is 6.54 Å². The summed E-state index contributed by atoms with van der Waals surface area (Å²) in [6, 6.07) is 22.6. The summed E-state index contributed by atoms with van der Waals surface area (Å²) in [7, 11) is 1.61. The minimum atomic E-state index is -0.126. The van der Waals surface area contributed by atoms with E-state index in [-0.39, 0.29) is 11.3 Å². The Kier molecular flexibility index (Phi) is 4.48. The first-order valence-electron chi connectivity index (χ1n) is 9.49. The minimum Gasteiger partial charge on any atom is -0.506 e. The number of ether oxygens (including phenoxy) is 1. The van der Waals surface area contributed by atoms with Gasteiger partial charge in [-0.05, 0) is 23.8 Å². The zero-order valence-electron chi connectivity index (χ0n) is 16.2. The van der Waals surface area contributed by atoms with Gasteiger partial charge in [-0.25, -0.2) is 4.98 Å². The quantitative estimate of drug-likeness (QED) is 0.447. The second-order valence-electron chi connectivity index (χ2n) is 6.98. The van der Waals surface area contributed by atoms with Crippen LogP contribution in [0.5, 0.6) is 11.5 Å². The number of thiophene rings is 1. The molecule has 0 saturated heterocycles. The maximum Gasteiger partial charge on any atom is 0.263 e. The van der Waals surface area contributed by atoms with E-state index in [0.29, 0.717) is 33.0 Å². The average Bonchev–Trinajstić information content (AvgIpc) is 3.16. The Balaban J connectivity index is 1.84. The fourth-order valence-corrected chi connectivity index (χ4v) is 4.74. The first-order chi connectivity index (χ1) is 14.7. The monoisotopic (exact) mass is 414 g/mol. The molecule has 2 aromatic heterocycles. The van der Waals surface area contributed by atoms with E-state index >= 15 is 0 Å². The smallest absolute Gasteiger partial charge is 0.263 e. The van der Waals surface area contributed by atoms with Crippen LogP contribution in [0.15, 0.2) is 77.6 Å². The number of hydrogen-bond donors (Lipinski definition) is 1. The van der Waals surface area contributed by atoms with E-state index in [2.05, 4.69) is 0 Å². The Labute approximate surface area is 176 Å². The first kappa shape index (κ1) is 18.4. The van der Waals surface area contributed by atoms with Crippen LogP contribution in [0.2, 0.25) is 0 Å². The Morgan fingerprint density at radius 1 is 1.03 bits per heavy atom. The van der Waals surface area contributed by atoms with Crippen LogP contribution in [0.1, 0.15) is 5.56 Å². The van der Waals surface area contributed by atoms with Gasteiger partial charge in [-0.2, -0.15) is 0 Å². The molecule has 0 bridgehead atoms. The van der Waals surface area contributed by atoms with Crippen LogP contribution in [-0.4, -0.2) is 21.8 Å². The van der Waals surface area contributed by atoms with Crippen LogP contribution in [0.25, 0.3) is 31.7 Å². The number of fused-ring (bicyclic) bond motifs is 3. The first-order valence-corrected chi connectivity index (χ1v) is 10.3. The molecule has 5 aromatic rings. The molecule has 2 heterocycles. The second-order valence-corrected chi connectivity index (χ2v) is 7.98. The van der Waals surface area contributed by atoms with Gasteiger partial charge in [-0.3, -0.25) is 9.36 Å². The number of rotatable bonds is 4. The lowest BCUT2D eigenvalue weighted by atomic mass is 10.1. The fourth-order valence-electron chi connectivity index (χ4n) is 3.66. The number of benzene rings is 3. The predicted molar refractivity (Wildman–Crippen MR) is 121 cm³/mol. The third-order valence-corrected chi connectivity index (χ3v) is 6.23. The van der Waals surface area contributed by atoms with Crippen molar-refractivity contribution >= 4 is 31.6 Å². The predicted octanol–water partition coefficient (Wildman–Crippen LogP) is 5.04. The highest BCUT2D eigenvalue weighted by molar-refractivity contribution is 7.25. The Hall–Kier alpha value is -3.64. The van der Waals surface area contributed by atoms with E-state index in [1.165, 1.54) is 11.3 Å². The van der Waals surface area contributed by atoms with Crippen LogP contribution in [0.4, 0.5) is 0 Å². The number of hydrogen-bond acceptors (Lipinski definition) is 5. The van der Waals surface area contributed by atoms with Gasteiger partial charge in [0.25, 0.3) is 5.56 Å². The number of aromatic nitrogens is 2. The Morgan fingerprint density at radius 2 is 1.83 bits per heavy atom. The molecule has 0 saturated carbocycles. The van der Waals surface area contributed by atoms with Gasteiger partial charge in [0.1, 0.15) is 22.2 Å². The third-order valence-electron chi connectivity index (χ3n) is 5.11. The zero-order chi connectivity index (χ0) is 20.7. The van der Waals surface area contributed by atoms with Crippen LogP contribution >= 0.6 is 11.3 Å². The molecule has 6 heteroatoms. The second kappa shape index (κ2) is 7.31. The Bertz CT molecular complexity index is 1440. The summed E-state index contributed by atoms with van der Waals surface area (Å²) in [4.78, 5) is 19.2. The molecule has 0 aliphatic heterocycles. The van der Waals surface area contributed by atoms with Crippen molar-refractivity contribution in [3.63, 3.8) is 0 Å². The van der Waals surface area contributed by atoms with E-state index in [1.807, 2.05) is 60.7 Å². The number of phenolic OH excluding ortho intramolecular Hbond substituents is 1. The molecule has 0 atom stereocenters. The van der Waals surface area contributed by atoms with E-state index in [0.717, 1.165) is 16.5 Å². The van der Waals surface area contributed by atoms with E-state index in [1.54, 1.807) is 23.8 Å². The number of phenols is 1. The SMILES string of the molecule is COc1cccc(-c2nc3sc4c(O)cccc4c3c(=O)n2Cc2ccccc2)c1.